The molecule has 0 saturated heterocycles. The number of carbonyl (C=O) groups is 2. The van der Waals surface area contributed by atoms with Crippen LogP contribution in [-0.4, -0.2) is 29.1 Å². The van der Waals surface area contributed by atoms with E-state index in [9.17, 15) is 9.59 Å². The molecule has 0 radical (unpaired) electrons. The number of amides is 2. The number of benzene rings is 2. The zero-order chi connectivity index (χ0) is 17.1. The van der Waals surface area contributed by atoms with Crippen LogP contribution >= 0.6 is 0 Å². The highest BCUT2D eigenvalue weighted by Crippen LogP contribution is 2.28. The summed E-state index contributed by atoms with van der Waals surface area (Å²) in [4.78, 5) is 23.7. The zero-order valence-corrected chi connectivity index (χ0v) is 13.2. The van der Waals surface area contributed by atoms with E-state index in [1.165, 1.54) is 14.0 Å². The fourth-order valence-electron chi connectivity index (χ4n) is 2.40. The van der Waals surface area contributed by atoms with Gasteiger partial charge in [-0.15, -0.1) is 0 Å². The summed E-state index contributed by atoms with van der Waals surface area (Å²) in [7, 11) is 1.51. The van der Waals surface area contributed by atoms with Crippen LogP contribution in [0.1, 0.15) is 17.4 Å². The zero-order valence-electron chi connectivity index (χ0n) is 13.2. The molecule has 2 amide bonds. The third-order valence-electron chi connectivity index (χ3n) is 3.45. The van der Waals surface area contributed by atoms with Crippen LogP contribution < -0.4 is 15.4 Å². The second-order valence-electron chi connectivity index (χ2n) is 5.17. The maximum absolute atomic E-state index is 12.6. The summed E-state index contributed by atoms with van der Waals surface area (Å²) in [6.07, 6.45) is 0. The van der Waals surface area contributed by atoms with Gasteiger partial charge in [0.1, 0.15) is 5.75 Å². The Morgan fingerprint density at radius 3 is 2.67 bits per heavy atom. The Morgan fingerprint density at radius 2 is 1.92 bits per heavy atom. The molecule has 0 saturated carbocycles. The second-order valence-corrected chi connectivity index (χ2v) is 5.17. The summed E-state index contributed by atoms with van der Waals surface area (Å²) in [5.41, 5.74) is 2.07. The van der Waals surface area contributed by atoms with Crippen LogP contribution in [0, 0.1) is 0 Å². The summed E-state index contributed by atoms with van der Waals surface area (Å²) < 4.78 is 5.26. The van der Waals surface area contributed by atoms with E-state index in [-0.39, 0.29) is 17.5 Å². The van der Waals surface area contributed by atoms with Crippen LogP contribution in [0.4, 0.5) is 11.4 Å². The molecule has 3 rings (SSSR count). The van der Waals surface area contributed by atoms with Gasteiger partial charge in [0, 0.05) is 18.0 Å². The first-order valence-electron chi connectivity index (χ1n) is 7.28. The number of fused-ring (bicyclic) bond motifs is 1. The van der Waals surface area contributed by atoms with Gasteiger partial charge >= 0.3 is 0 Å². The number of hydrogen-bond acceptors (Lipinski definition) is 4. The molecule has 1 aromatic heterocycles. The lowest BCUT2D eigenvalue weighted by atomic mass is 10.2. The first-order chi connectivity index (χ1) is 11.6. The molecule has 0 aliphatic heterocycles. The van der Waals surface area contributed by atoms with E-state index < -0.39 is 0 Å². The van der Waals surface area contributed by atoms with Crippen LogP contribution in [0.15, 0.2) is 42.5 Å². The van der Waals surface area contributed by atoms with E-state index in [4.69, 9.17) is 4.74 Å². The van der Waals surface area contributed by atoms with Crippen molar-refractivity contribution in [2.24, 2.45) is 0 Å². The average molecular weight is 324 g/mol. The number of methoxy groups -OCH3 is 1. The van der Waals surface area contributed by atoms with Gasteiger partial charge in [-0.2, -0.15) is 5.10 Å². The number of nitrogens with zero attached hydrogens (tertiary/aromatic N) is 1. The maximum atomic E-state index is 12.6. The average Bonchev–Trinajstić information content (AvgIpc) is 2.98. The first-order valence-corrected chi connectivity index (χ1v) is 7.28. The molecule has 122 valence electrons. The fourth-order valence-corrected chi connectivity index (χ4v) is 2.40. The van der Waals surface area contributed by atoms with Gasteiger partial charge in [0.25, 0.3) is 5.91 Å². The Hall–Kier alpha value is -3.35. The largest absolute Gasteiger partial charge is 0.495 e. The van der Waals surface area contributed by atoms with Crippen LogP contribution in [0.3, 0.4) is 0 Å². The Bertz CT molecular complexity index is 917. The predicted octanol–water partition coefficient (Wildman–Crippen LogP) is 2.78. The Kier molecular flexibility index (Phi) is 4.15. The number of nitrogens with one attached hydrogen (secondary N) is 3. The van der Waals surface area contributed by atoms with E-state index in [1.54, 1.807) is 18.2 Å². The minimum absolute atomic E-state index is 0.198. The van der Waals surface area contributed by atoms with Gasteiger partial charge in [0.05, 0.1) is 18.3 Å². The summed E-state index contributed by atoms with van der Waals surface area (Å²) >= 11 is 0. The molecule has 24 heavy (non-hydrogen) atoms. The third kappa shape index (κ3) is 3.05. The molecular weight excluding hydrogens is 308 g/mol. The molecule has 3 N–H and O–H groups in total. The van der Waals surface area contributed by atoms with Crippen LogP contribution in [0.5, 0.6) is 5.75 Å². The van der Waals surface area contributed by atoms with Crippen molar-refractivity contribution >= 4 is 34.1 Å². The van der Waals surface area contributed by atoms with E-state index in [1.807, 2.05) is 24.3 Å². The summed E-state index contributed by atoms with van der Waals surface area (Å²) in [5, 5.41) is 13.1. The highest BCUT2D eigenvalue weighted by atomic mass is 16.5. The number of H-pyrrole nitrogens is 1. The smallest absolute Gasteiger partial charge is 0.276 e. The minimum Gasteiger partial charge on any atom is -0.495 e. The molecule has 2 aromatic carbocycles. The standard InChI is InChI=1S/C17H16N4O3/c1-10(22)18-11-7-8-15(24-2)14(9-11)19-17(23)16-12-5-3-4-6-13(12)20-21-16/h3-9H,1-2H3,(H,18,22)(H,19,23)(H,20,21). The minimum atomic E-state index is -0.370. The maximum Gasteiger partial charge on any atom is 0.276 e. The van der Waals surface area contributed by atoms with Gasteiger partial charge in [-0.25, -0.2) is 0 Å². The molecule has 0 fully saturated rings. The highest BCUT2D eigenvalue weighted by molar-refractivity contribution is 6.11. The van der Waals surface area contributed by atoms with Crippen molar-refractivity contribution in [2.45, 2.75) is 6.92 Å². The fraction of sp³-hybridized carbons (Fsp3) is 0.118. The van der Waals surface area contributed by atoms with Crippen molar-refractivity contribution in [3.63, 3.8) is 0 Å². The summed E-state index contributed by atoms with van der Waals surface area (Å²) in [6.45, 7) is 1.42. The van der Waals surface area contributed by atoms with Crippen molar-refractivity contribution in [1.82, 2.24) is 10.2 Å². The number of hydrogen-bond donors (Lipinski definition) is 3. The molecule has 0 aliphatic rings. The van der Waals surface area contributed by atoms with Crippen molar-refractivity contribution in [1.29, 1.82) is 0 Å². The molecule has 0 atom stereocenters. The molecular formula is C17H16N4O3. The number of ether oxygens (including phenoxy) is 1. The number of anilines is 2. The quantitative estimate of drug-likeness (QED) is 0.687. The number of rotatable bonds is 4. The molecule has 0 aliphatic carbocycles. The third-order valence-corrected chi connectivity index (χ3v) is 3.45. The van der Waals surface area contributed by atoms with Crippen LogP contribution in [-0.2, 0) is 4.79 Å². The van der Waals surface area contributed by atoms with Crippen molar-refractivity contribution in [3.05, 3.63) is 48.2 Å². The molecule has 0 bridgehead atoms. The van der Waals surface area contributed by atoms with Gasteiger partial charge in [0.15, 0.2) is 5.69 Å². The number of aromatic nitrogens is 2. The van der Waals surface area contributed by atoms with Gasteiger partial charge < -0.3 is 15.4 Å². The number of aromatic amines is 1. The lowest BCUT2D eigenvalue weighted by Crippen LogP contribution is -2.14. The van der Waals surface area contributed by atoms with Gasteiger partial charge in [-0.3, -0.25) is 14.7 Å². The predicted molar refractivity (Wildman–Crippen MR) is 91.3 cm³/mol. The van der Waals surface area contributed by atoms with E-state index in [2.05, 4.69) is 20.8 Å². The summed E-state index contributed by atoms with van der Waals surface area (Å²) in [6, 6.07) is 12.4. The monoisotopic (exact) mass is 324 g/mol. The van der Waals surface area contributed by atoms with Crippen molar-refractivity contribution < 1.29 is 14.3 Å². The lowest BCUT2D eigenvalue weighted by Gasteiger charge is -2.11. The van der Waals surface area contributed by atoms with Gasteiger partial charge in [0.2, 0.25) is 5.91 Å². The van der Waals surface area contributed by atoms with Crippen LogP contribution in [0.25, 0.3) is 10.9 Å². The molecule has 7 nitrogen and oxygen atoms in total. The molecule has 3 aromatic rings. The molecule has 7 heteroatoms. The van der Waals surface area contributed by atoms with Crippen molar-refractivity contribution in [3.8, 4) is 5.75 Å². The Balaban J connectivity index is 1.91. The Morgan fingerprint density at radius 1 is 1.12 bits per heavy atom. The molecule has 0 spiro atoms. The number of carbonyl (C=O) groups excluding carboxylic acids is 2. The van der Waals surface area contributed by atoms with Crippen molar-refractivity contribution in [2.75, 3.05) is 17.7 Å². The normalized spacial score (nSPS) is 10.4. The molecule has 1 heterocycles. The number of para-hydroxylation sites is 1. The SMILES string of the molecule is COc1ccc(NC(C)=O)cc1NC(=O)c1n[nH]c2ccccc12. The summed E-state index contributed by atoms with van der Waals surface area (Å²) in [5.74, 6) is -0.0845. The topological polar surface area (TPSA) is 96.1 Å². The van der Waals surface area contributed by atoms with E-state index >= 15 is 0 Å². The Labute approximate surface area is 138 Å². The van der Waals surface area contributed by atoms with Crippen LogP contribution in [0.2, 0.25) is 0 Å². The van der Waals surface area contributed by atoms with E-state index in [0.717, 1.165) is 10.9 Å². The second kappa shape index (κ2) is 6.41. The van der Waals surface area contributed by atoms with Gasteiger partial charge in [-0.05, 0) is 24.3 Å². The molecule has 0 unspecified atom stereocenters. The van der Waals surface area contributed by atoms with Gasteiger partial charge in [-0.1, -0.05) is 18.2 Å². The lowest BCUT2D eigenvalue weighted by molar-refractivity contribution is -0.114. The first kappa shape index (κ1) is 15.5. The highest BCUT2D eigenvalue weighted by Gasteiger charge is 2.16. The van der Waals surface area contributed by atoms with E-state index in [0.29, 0.717) is 17.1 Å².